The van der Waals surface area contributed by atoms with E-state index in [1.165, 1.54) is 64.2 Å². The average molecular weight is 287 g/mol. The summed E-state index contributed by atoms with van der Waals surface area (Å²) < 4.78 is 0. The third-order valence-electron chi connectivity index (χ3n) is 5.77. The highest BCUT2D eigenvalue weighted by molar-refractivity contribution is 4.91. The fraction of sp³-hybridized carbons (Fsp3) is 0.850. The smallest absolute Gasteiger partial charge is 0.0655 e. The van der Waals surface area contributed by atoms with Crippen LogP contribution in [0.25, 0.3) is 0 Å². The first-order valence-electron chi connectivity index (χ1n) is 9.38. The van der Waals surface area contributed by atoms with Gasteiger partial charge in [0.2, 0.25) is 0 Å². The van der Waals surface area contributed by atoms with Gasteiger partial charge in [-0.1, -0.05) is 38.3 Å². The minimum absolute atomic E-state index is 0.367. The molecule has 0 aliphatic heterocycles. The quantitative estimate of drug-likeness (QED) is 0.529. The molecular weight excluding hydrogens is 254 g/mol. The molecule has 21 heavy (non-hydrogen) atoms. The molecule has 0 radical (unpaired) electrons. The Labute approximate surface area is 131 Å². The molecule has 0 atom stereocenters. The van der Waals surface area contributed by atoms with Crippen molar-refractivity contribution in [3.05, 3.63) is 12.2 Å². The van der Waals surface area contributed by atoms with E-state index in [1.54, 1.807) is 0 Å². The molecule has 0 N–H and O–H groups in total. The first-order chi connectivity index (χ1) is 10.3. The Morgan fingerprint density at radius 3 is 2.00 bits per heavy atom. The number of nitriles is 1. The Kier molecular flexibility index (Phi) is 7.34. The molecule has 0 aromatic carbocycles. The van der Waals surface area contributed by atoms with Gasteiger partial charge in [0, 0.05) is 5.92 Å². The van der Waals surface area contributed by atoms with Crippen molar-refractivity contribution in [1.29, 1.82) is 5.26 Å². The van der Waals surface area contributed by atoms with Gasteiger partial charge in [0.1, 0.15) is 0 Å². The lowest BCUT2D eigenvalue weighted by molar-refractivity contribution is 0.242. The number of hydrogen-bond donors (Lipinski definition) is 0. The van der Waals surface area contributed by atoms with E-state index in [-0.39, 0.29) is 0 Å². The predicted molar refractivity (Wildman–Crippen MR) is 89.8 cm³/mol. The highest BCUT2D eigenvalue weighted by Crippen LogP contribution is 2.36. The summed E-state index contributed by atoms with van der Waals surface area (Å²) in [5.74, 6) is 3.16. The van der Waals surface area contributed by atoms with E-state index in [2.05, 4.69) is 25.1 Å². The molecule has 0 spiro atoms. The minimum Gasteiger partial charge on any atom is -0.198 e. The molecule has 0 amide bonds. The summed E-state index contributed by atoms with van der Waals surface area (Å²) in [4.78, 5) is 0. The Morgan fingerprint density at radius 2 is 1.48 bits per heavy atom. The summed E-state index contributed by atoms with van der Waals surface area (Å²) in [6.07, 6.45) is 21.0. The molecule has 2 aliphatic carbocycles. The predicted octanol–water partition coefficient (Wildman–Crippen LogP) is 6.26. The van der Waals surface area contributed by atoms with E-state index >= 15 is 0 Å². The maximum absolute atomic E-state index is 8.96. The van der Waals surface area contributed by atoms with Crippen LogP contribution in [-0.2, 0) is 0 Å². The zero-order valence-electron chi connectivity index (χ0n) is 13.9. The van der Waals surface area contributed by atoms with Gasteiger partial charge in [-0.05, 0) is 75.5 Å². The van der Waals surface area contributed by atoms with Gasteiger partial charge in [0.25, 0.3) is 0 Å². The number of nitrogens with zero attached hydrogens (tertiary/aromatic N) is 1. The van der Waals surface area contributed by atoms with Crippen LogP contribution in [0.3, 0.4) is 0 Å². The molecule has 118 valence electrons. The molecule has 0 heterocycles. The fourth-order valence-corrected chi connectivity index (χ4v) is 4.18. The number of unbranched alkanes of at least 4 members (excludes halogenated alkanes) is 1. The highest BCUT2D eigenvalue weighted by atomic mass is 14.3. The van der Waals surface area contributed by atoms with Crippen molar-refractivity contribution < 1.29 is 0 Å². The van der Waals surface area contributed by atoms with Crippen LogP contribution < -0.4 is 0 Å². The molecular formula is C20H33N. The molecule has 0 aromatic rings. The van der Waals surface area contributed by atoms with E-state index in [1.807, 2.05) is 0 Å². The Balaban J connectivity index is 1.58. The first-order valence-corrected chi connectivity index (χ1v) is 9.38. The first kappa shape index (κ1) is 16.6. The van der Waals surface area contributed by atoms with Crippen molar-refractivity contribution in [3.63, 3.8) is 0 Å². The van der Waals surface area contributed by atoms with E-state index < -0.39 is 0 Å². The van der Waals surface area contributed by atoms with Crippen molar-refractivity contribution >= 4 is 0 Å². The van der Waals surface area contributed by atoms with Gasteiger partial charge in [-0.25, -0.2) is 0 Å². The third kappa shape index (κ3) is 5.85. The van der Waals surface area contributed by atoms with E-state index in [0.29, 0.717) is 5.92 Å². The summed E-state index contributed by atoms with van der Waals surface area (Å²) in [6, 6.07) is 2.45. The summed E-state index contributed by atoms with van der Waals surface area (Å²) in [5, 5.41) is 8.96. The molecule has 1 heteroatoms. The van der Waals surface area contributed by atoms with Crippen LogP contribution in [0, 0.1) is 35.0 Å². The SMILES string of the molecule is CCC/C=C/[C@H]1CC[C@H](CCC2CCC(C#N)CC2)CC1. The molecule has 0 saturated heterocycles. The van der Waals surface area contributed by atoms with Crippen LogP contribution in [0.15, 0.2) is 12.2 Å². The van der Waals surface area contributed by atoms with Crippen molar-refractivity contribution in [2.75, 3.05) is 0 Å². The molecule has 0 bridgehead atoms. The van der Waals surface area contributed by atoms with Gasteiger partial charge in [-0.3, -0.25) is 0 Å². The number of allylic oxidation sites excluding steroid dienone is 2. The monoisotopic (exact) mass is 287 g/mol. The number of rotatable bonds is 6. The van der Waals surface area contributed by atoms with Crippen LogP contribution in [0.2, 0.25) is 0 Å². The van der Waals surface area contributed by atoms with E-state index in [4.69, 9.17) is 5.26 Å². The largest absolute Gasteiger partial charge is 0.198 e. The fourth-order valence-electron chi connectivity index (χ4n) is 4.18. The zero-order chi connectivity index (χ0) is 14.9. The number of hydrogen-bond acceptors (Lipinski definition) is 1. The summed E-state index contributed by atoms with van der Waals surface area (Å²) in [6.45, 7) is 2.26. The van der Waals surface area contributed by atoms with Gasteiger partial charge in [-0.2, -0.15) is 5.26 Å². The molecule has 1 nitrogen and oxygen atoms in total. The van der Waals surface area contributed by atoms with Crippen molar-refractivity contribution in [3.8, 4) is 6.07 Å². The maximum atomic E-state index is 8.96. The van der Waals surface area contributed by atoms with Crippen LogP contribution >= 0.6 is 0 Å². The van der Waals surface area contributed by atoms with Gasteiger partial charge < -0.3 is 0 Å². The lowest BCUT2D eigenvalue weighted by atomic mass is 9.76. The Bertz CT molecular complexity index is 335. The van der Waals surface area contributed by atoms with Crippen molar-refractivity contribution in [2.24, 2.45) is 23.7 Å². The molecule has 0 unspecified atom stereocenters. The zero-order valence-corrected chi connectivity index (χ0v) is 13.9. The average Bonchev–Trinajstić information content (AvgIpc) is 2.55. The second kappa shape index (κ2) is 9.29. The summed E-state index contributed by atoms with van der Waals surface area (Å²) >= 11 is 0. The highest BCUT2D eigenvalue weighted by Gasteiger charge is 2.23. The van der Waals surface area contributed by atoms with Crippen LogP contribution in [0.4, 0.5) is 0 Å². The molecule has 2 fully saturated rings. The maximum Gasteiger partial charge on any atom is 0.0655 e. The van der Waals surface area contributed by atoms with Gasteiger partial charge in [0.15, 0.2) is 0 Å². The van der Waals surface area contributed by atoms with Crippen LogP contribution in [0.5, 0.6) is 0 Å². The molecule has 2 saturated carbocycles. The normalized spacial score (nSPS) is 33.9. The van der Waals surface area contributed by atoms with Gasteiger partial charge >= 0.3 is 0 Å². The van der Waals surface area contributed by atoms with Crippen molar-refractivity contribution in [2.45, 2.75) is 84.0 Å². The van der Waals surface area contributed by atoms with Crippen LogP contribution in [-0.4, -0.2) is 0 Å². The molecule has 0 aromatic heterocycles. The van der Waals surface area contributed by atoms with E-state index in [9.17, 15) is 0 Å². The standard InChI is InChI=1S/C20H33N/c1-2-3-4-5-17-6-8-18(9-7-17)10-11-19-12-14-20(16-21)15-13-19/h4-5,17-20H,2-3,6-15H2,1H3/b5-4+/t17-,18-,19?,20?. The minimum atomic E-state index is 0.367. The second-order valence-corrected chi connectivity index (χ2v) is 7.42. The van der Waals surface area contributed by atoms with Gasteiger partial charge in [-0.15, -0.1) is 0 Å². The second-order valence-electron chi connectivity index (χ2n) is 7.42. The molecule has 2 rings (SSSR count). The Morgan fingerprint density at radius 1 is 0.905 bits per heavy atom. The molecule has 2 aliphatic rings. The lowest BCUT2D eigenvalue weighted by Gasteiger charge is -2.30. The van der Waals surface area contributed by atoms with E-state index in [0.717, 1.165) is 30.6 Å². The summed E-state index contributed by atoms with van der Waals surface area (Å²) in [5.41, 5.74) is 0. The Hall–Kier alpha value is -0.770. The van der Waals surface area contributed by atoms with Crippen LogP contribution in [0.1, 0.15) is 84.0 Å². The topological polar surface area (TPSA) is 23.8 Å². The third-order valence-corrected chi connectivity index (χ3v) is 5.77. The summed E-state index contributed by atoms with van der Waals surface area (Å²) in [7, 11) is 0. The lowest BCUT2D eigenvalue weighted by Crippen LogP contribution is -2.17. The van der Waals surface area contributed by atoms with Crippen molar-refractivity contribution in [1.82, 2.24) is 0 Å². The van der Waals surface area contributed by atoms with Gasteiger partial charge in [0.05, 0.1) is 6.07 Å².